The van der Waals surface area contributed by atoms with Crippen molar-refractivity contribution in [2.24, 2.45) is 0 Å². The molecule has 1 saturated heterocycles. The average molecular weight is 300 g/mol. The summed E-state index contributed by atoms with van der Waals surface area (Å²) < 4.78 is 28.1. The number of aryl methyl sites for hydroxylation is 1. The lowest BCUT2D eigenvalue weighted by Gasteiger charge is -2.26. The van der Waals surface area contributed by atoms with E-state index in [0.29, 0.717) is 37.4 Å². The summed E-state index contributed by atoms with van der Waals surface area (Å²) in [7, 11) is -3.61. The molecule has 1 aliphatic heterocycles. The molecule has 2 N–H and O–H groups in total. The van der Waals surface area contributed by atoms with E-state index in [0.717, 1.165) is 0 Å². The van der Waals surface area contributed by atoms with Gasteiger partial charge in [-0.3, -0.25) is 14.8 Å². The number of piperazine rings is 1. The third-order valence-electron chi connectivity index (χ3n) is 3.06. The molecule has 1 fully saturated rings. The molecule has 20 heavy (non-hydrogen) atoms. The summed E-state index contributed by atoms with van der Waals surface area (Å²) >= 11 is 0. The van der Waals surface area contributed by atoms with E-state index in [1.54, 1.807) is 6.92 Å². The number of nitrogens with zero attached hydrogens (tertiary/aromatic N) is 2. The first-order valence-electron chi connectivity index (χ1n) is 6.14. The highest BCUT2D eigenvalue weighted by Gasteiger charge is 2.24. The maximum absolute atomic E-state index is 12.1. The van der Waals surface area contributed by atoms with Crippen molar-refractivity contribution in [1.29, 1.82) is 0 Å². The third kappa shape index (κ3) is 3.24. The van der Waals surface area contributed by atoms with Crippen LogP contribution in [-0.2, 0) is 10.2 Å². The minimum Gasteiger partial charge on any atom is -0.314 e. The smallest absolute Gasteiger partial charge is 0.301 e. The van der Waals surface area contributed by atoms with E-state index in [2.05, 4.69) is 10.0 Å². The molecule has 0 bridgehead atoms. The van der Waals surface area contributed by atoms with Crippen LogP contribution in [-0.4, -0.2) is 43.8 Å². The monoisotopic (exact) mass is 300 g/mol. The van der Waals surface area contributed by atoms with E-state index in [1.165, 1.54) is 22.5 Å². The lowest BCUT2D eigenvalue weighted by molar-refractivity contribution is -0.385. The summed E-state index contributed by atoms with van der Waals surface area (Å²) in [5.41, 5.74) is 0.706. The molecule has 110 valence electrons. The molecule has 0 amide bonds. The van der Waals surface area contributed by atoms with E-state index in [9.17, 15) is 18.5 Å². The van der Waals surface area contributed by atoms with Gasteiger partial charge in [-0.25, -0.2) is 0 Å². The lowest BCUT2D eigenvalue weighted by Crippen LogP contribution is -2.48. The summed E-state index contributed by atoms with van der Waals surface area (Å²) in [5, 5.41) is 13.8. The van der Waals surface area contributed by atoms with E-state index in [-0.39, 0.29) is 5.69 Å². The fourth-order valence-electron chi connectivity index (χ4n) is 2.02. The Hall–Kier alpha value is -1.71. The molecule has 9 heteroatoms. The normalized spacial score (nSPS) is 16.9. The Morgan fingerprint density at radius 3 is 2.55 bits per heavy atom. The molecule has 1 heterocycles. The van der Waals surface area contributed by atoms with Gasteiger partial charge in [0, 0.05) is 37.8 Å². The van der Waals surface area contributed by atoms with Crippen molar-refractivity contribution in [2.45, 2.75) is 6.92 Å². The molecule has 1 aromatic carbocycles. The van der Waals surface area contributed by atoms with Crippen molar-refractivity contribution in [1.82, 2.24) is 9.62 Å². The molecule has 0 saturated carbocycles. The Balaban J connectivity index is 2.17. The number of anilines is 1. The van der Waals surface area contributed by atoms with Gasteiger partial charge in [0.15, 0.2) is 0 Å². The molecule has 2 rings (SSSR count). The second-order valence-corrected chi connectivity index (χ2v) is 6.19. The molecule has 1 aromatic rings. The molecule has 1 aliphatic rings. The summed E-state index contributed by atoms with van der Waals surface area (Å²) in [6, 6.07) is 4.15. The standard InChI is InChI=1S/C11H16N4O4S/c1-9-8-10(2-3-11(9)15(16)17)13-20(18,19)14-6-4-12-5-7-14/h2-3,8,12-13H,4-7H2,1H3. The zero-order valence-corrected chi connectivity index (χ0v) is 11.8. The number of rotatable bonds is 4. The number of nitro groups is 1. The van der Waals surface area contributed by atoms with Crippen LogP contribution < -0.4 is 10.0 Å². The number of benzene rings is 1. The zero-order valence-electron chi connectivity index (χ0n) is 11.0. The van der Waals surface area contributed by atoms with Gasteiger partial charge in [0.1, 0.15) is 0 Å². The van der Waals surface area contributed by atoms with Crippen molar-refractivity contribution in [3.8, 4) is 0 Å². The first-order chi connectivity index (χ1) is 9.40. The second-order valence-electron chi connectivity index (χ2n) is 4.51. The van der Waals surface area contributed by atoms with Crippen molar-refractivity contribution in [2.75, 3.05) is 30.9 Å². The summed E-state index contributed by atoms with van der Waals surface area (Å²) in [6.07, 6.45) is 0. The Labute approximate surface area is 117 Å². The van der Waals surface area contributed by atoms with Gasteiger partial charge in [0.2, 0.25) is 0 Å². The Morgan fingerprint density at radius 2 is 2.00 bits per heavy atom. The van der Waals surface area contributed by atoms with E-state index in [4.69, 9.17) is 0 Å². The molecule has 0 atom stereocenters. The highest BCUT2D eigenvalue weighted by atomic mass is 32.2. The van der Waals surface area contributed by atoms with Crippen LogP contribution >= 0.6 is 0 Å². The highest BCUT2D eigenvalue weighted by molar-refractivity contribution is 7.90. The summed E-state index contributed by atoms with van der Waals surface area (Å²) in [6.45, 7) is 3.60. The minimum absolute atomic E-state index is 0.0323. The topological polar surface area (TPSA) is 105 Å². The second kappa shape index (κ2) is 5.73. The van der Waals surface area contributed by atoms with Crippen molar-refractivity contribution in [3.05, 3.63) is 33.9 Å². The highest BCUT2D eigenvalue weighted by Crippen LogP contribution is 2.22. The first-order valence-corrected chi connectivity index (χ1v) is 7.58. The number of nitrogens with one attached hydrogen (secondary N) is 2. The Kier molecular flexibility index (Phi) is 4.21. The fraction of sp³-hybridized carbons (Fsp3) is 0.455. The van der Waals surface area contributed by atoms with Crippen molar-refractivity contribution < 1.29 is 13.3 Å². The van der Waals surface area contributed by atoms with Crippen LogP contribution in [0.2, 0.25) is 0 Å². The Morgan fingerprint density at radius 1 is 1.35 bits per heavy atom. The SMILES string of the molecule is Cc1cc(NS(=O)(=O)N2CCNCC2)ccc1[N+](=O)[O-]. The summed E-state index contributed by atoms with van der Waals surface area (Å²) in [5.74, 6) is 0. The molecule has 0 spiro atoms. The van der Waals surface area contributed by atoms with Gasteiger partial charge in [0.25, 0.3) is 5.69 Å². The molecular weight excluding hydrogens is 284 g/mol. The van der Waals surface area contributed by atoms with Crippen LogP contribution in [0.25, 0.3) is 0 Å². The third-order valence-corrected chi connectivity index (χ3v) is 4.59. The average Bonchev–Trinajstić information content (AvgIpc) is 2.39. The van der Waals surface area contributed by atoms with Crippen LogP contribution in [0.3, 0.4) is 0 Å². The molecule has 8 nitrogen and oxygen atoms in total. The number of hydrogen-bond acceptors (Lipinski definition) is 5. The first kappa shape index (κ1) is 14.7. The largest absolute Gasteiger partial charge is 0.314 e. The van der Waals surface area contributed by atoms with Crippen LogP contribution in [0.5, 0.6) is 0 Å². The van der Waals surface area contributed by atoms with E-state index in [1.807, 2.05) is 0 Å². The van der Waals surface area contributed by atoms with Gasteiger partial charge in [-0.15, -0.1) is 0 Å². The van der Waals surface area contributed by atoms with Crippen LogP contribution in [0.4, 0.5) is 11.4 Å². The van der Waals surface area contributed by atoms with Gasteiger partial charge in [0.05, 0.1) is 10.6 Å². The van der Waals surface area contributed by atoms with Gasteiger partial charge in [-0.05, 0) is 19.1 Å². The number of nitro benzene ring substituents is 1. The molecule has 0 unspecified atom stereocenters. The predicted molar refractivity (Wildman–Crippen MR) is 74.8 cm³/mol. The zero-order chi connectivity index (χ0) is 14.8. The van der Waals surface area contributed by atoms with Crippen molar-refractivity contribution in [3.63, 3.8) is 0 Å². The molecular formula is C11H16N4O4S. The predicted octanol–water partition coefficient (Wildman–Crippen LogP) is 0.465. The van der Waals surface area contributed by atoms with Gasteiger partial charge in [-0.2, -0.15) is 12.7 Å². The van der Waals surface area contributed by atoms with E-state index >= 15 is 0 Å². The molecule has 0 aromatic heterocycles. The van der Waals surface area contributed by atoms with Crippen molar-refractivity contribution >= 4 is 21.6 Å². The summed E-state index contributed by atoms with van der Waals surface area (Å²) in [4.78, 5) is 10.2. The lowest BCUT2D eigenvalue weighted by atomic mass is 10.2. The van der Waals surface area contributed by atoms with Gasteiger partial charge < -0.3 is 5.32 Å². The maximum atomic E-state index is 12.1. The van der Waals surface area contributed by atoms with Crippen LogP contribution in [0.1, 0.15) is 5.56 Å². The maximum Gasteiger partial charge on any atom is 0.301 e. The van der Waals surface area contributed by atoms with Crippen LogP contribution in [0, 0.1) is 17.0 Å². The Bertz CT molecular complexity index is 611. The van der Waals surface area contributed by atoms with Gasteiger partial charge in [-0.1, -0.05) is 0 Å². The van der Waals surface area contributed by atoms with E-state index < -0.39 is 15.1 Å². The fourth-order valence-corrected chi connectivity index (χ4v) is 3.24. The molecule has 0 radical (unpaired) electrons. The molecule has 0 aliphatic carbocycles. The van der Waals surface area contributed by atoms with Gasteiger partial charge >= 0.3 is 10.2 Å². The quantitative estimate of drug-likeness (QED) is 0.621. The number of hydrogen-bond donors (Lipinski definition) is 2. The van der Waals surface area contributed by atoms with Crippen LogP contribution in [0.15, 0.2) is 18.2 Å². The minimum atomic E-state index is -3.61.